The number of benzene rings is 1. The van der Waals surface area contributed by atoms with Crippen molar-refractivity contribution in [1.29, 1.82) is 0 Å². The number of hydrogen-bond acceptors (Lipinski definition) is 3. The van der Waals surface area contributed by atoms with Crippen LogP contribution in [0.3, 0.4) is 0 Å². The van der Waals surface area contributed by atoms with Gasteiger partial charge in [-0.3, -0.25) is 0 Å². The molecule has 19 heavy (non-hydrogen) atoms. The van der Waals surface area contributed by atoms with Crippen molar-refractivity contribution in [3.8, 4) is 0 Å². The number of nitrogens with zero attached hydrogens (tertiary/aromatic N) is 2. The molecule has 0 aliphatic carbocycles. The summed E-state index contributed by atoms with van der Waals surface area (Å²) in [6.07, 6.45) is 1.93. The van der Waals surface area contributed by atoms with E-state index >= 15 is 0 Å². The van der Waals surface area contributed by atoms with Crippen molar-refractivity contribution < 1.29 is 0 Å². The van der Waals surface area contributed by atoms with Gasteiger partial charge in [-0.2, -0.15) is 0 Å². The first-order valence-corrected chi connectivity index (χ1v) is 7.30. The second kappa shape index (κ2) is 4.70. The Hall–Kier alpha value is -1.81. The van der Waals surface area contributed by atoms with Crippen molar-refractivity contribution in [2.75, 3.05) is 5.73 Å². The van der Waals surface area contributed by atoms with Crippen LogP contribution in [0.1, 0.15) is 24.8 Å². The zero-order chi connectivity index (χ0) is 13.4. The van der Waals surface area contributed by atoms with Gasteiger partial charge in [-0.05, 0) is 35.6 Å². The molecule has 1 aromatic carbocycles. The van der Waals surface area contributed by atoms with Gasteiger partial charge in [0.05, 0.1) is 23.4 Å². The summed E-state index contributed by atoms with van der Waals surface area (Å²) in [7, 11) is 0. The van der Waals surface area contributed by atoms with Crippen LogP contribution in [0.5, 0.6) is 0 Å². The van der Waals surface area contributed by atoms with Crippen LogP contribution < -0.4 is 5.73 Å². The molecule has 4 heteroatoms. The van der Waals surface area contributed by atoms with Crippen molar-refractivity contribution in [2.24, 2.45) is 5.92 Å². The molecule has 1 unspecified atom stereocenters. The van der Waals surface area contributed by atoms with Crippen LogP contribution in [0.15, 0.2) is 42.0 Å². The second-order valence-corrected chi connectivity index (χ2v) is 6.08. The summed E-state index contributed by atoms with van der Waals surface area (Å²) >= 11 is 1.80. The third kappa shape index (κ3) is 2.12. The van der Waals surface area contributed by atoms with E-state index in [0.717, 1.165) is 16.7 Å². The molecule has 3 nitrogen and oxygen atoms in total. The van der Waals surface area contributed by atoms with E-state index in [1.54, 1.807) is 11.3 Å². The molecule has 2 aromatic heterocycles. The topological polar surface area (TPSA) is 43.8 Å². The van der Waals surface area contributed by atoms with Crippen LogP contribution in [0, 0.1) is 5.92 Å². The summed E-state index contributed by atoms with van der Waals surface area (Å²) in [5.74, 6) is 0.508. The van der Waals surface area contributed by atoms with E-state index < -0.39 is 0 Å². The Morgan fingerprint density at radius 1 is 1.26 bits per heavy atom. The van der Waals surface area contributed by atoms with E-state index in [4.69, 9.17) is 5.73 Å². The molecule has 1 atom stereocenters. The number of fused-ring (bicyclic) bond motifs is 1. The number of nitrogens with two attached hydrogens (primary N) is 1. The summed E-state index contributed by atoms with van der Waals surface area (Å²) in [6, 6.07) is 10.5. The van der Waals surface area contributed by atoms with Crippen LogP contribution in [0.2, 0.25) is 0 Å². The van der Waals surface area contributed by atoms with E-state index in [0.29, 0.717) is 12.0 Å². The van der Waals surface area contributed by atoms with Crippen molar-refractivity contribution >= 4 is 28.1 Å². The predicted molar refractivity (Wildman–Crippen MR) is 81.4 cm³/mol. The van der Waals surface area contributed by atoms with Gasteiger partial charge in [0.1, 0.15) is 0 Å². The zero-order valence-electron chi connectivity index (χ0n) is 11.1. The molecular weight excluding hydrogens is 254 g/mol. The maximum atomic E-state index is 5.82. The largest absolute Gasteiger partial charge is 0.399 e. The van der Waals surface area contributed by atoms with Gasteiger partial charge in [-0.1, -0.05) is 19.9 Å². The zero-order valence-corrected chi connectivity index (χ0v) is 11.9. The lowest BCUT2D eigenvalue weighted by Gasteiger charge is -2.22. The standard InChI is InChI=1S/C15H17N3S/c1-10(2)15(14-4-3-7-19-14)18-9-17-12-8-11(16)5-6-13(12)18/h3-10,15H,16H2,1-2H3. The average Bonchev–Trinajstić information content (AvgIpc) is 2.99. The number of thiophene rings is 1. The van der Waals surface area contributed by atoms with Crippen molar-refractivity contribution in [3.05, 3.63) is 46.9 Å². The van der Waals surface area contributed by atoms with E-state index in [1.165, 1.54) is 4.88 Å². The Morgan fingerprint density at radius 3 is 2.79 bits per heavy atom. The Balaban J connectivity index is 2.16. The highest BCUT2D eigenvalue weighted by atomic mass is 32.1. The van der Waals surface area contributed by atoms with Crippen LogP contribution in [0.25, 0.3) is 11.0 Å². The van der Waals surface area contributed by atoms with Gasteiger partial charge in [0.15, 0.2) is 0 Å². The highest BCUT2D eigenvalue weighted by Crippen LogP contribution is 2.32. The first kappa shape index (κ1) is 12.2. The maximum Gasteiger partial charge on any atom is 0.0964 e. The molecule has 0 saturated heterocycles. The van der Waals surface area contributed by atoms with E-state index in [9.17, 15) is 0 Å². The number of aromatic nitrogens is 2. The molecule has 98 valence electrons. The molecule has 0 aliphatic heterocycles. The minimum absolute atomic E-state index is 0.327. The SMILES string of the molecule is CC(C)C(c1cccs1)n1cnc2cc(N)ccc21. The Kier molecular flexibility index (Phi) is 3.03. The molecule has 0 amide bonds. The molecule has 0 saturated carbocycles. The fourth-order valence-corrected chi connectivity index (χ4v) is 3.51. The third-order valence-corrected chi connectivity index (χ3v) is 4.31. The Labute approximate surface area is 116 Å². The quantitative estimate of drug-likeness (QED) is 0.734. The maximum absolute atomic E-state index is 5.82. The molecule has 0 bridgehead atoms. The fourth-order valence-electron chi connectivity index (χ4n) is 2.52. The minimum atomic E-state index is 0.327. The molecule has 0 fully saturated rings. The first-order valence-electron chi connectivity index (χ1n) is 6.42. The number of hydrogen-bond donors (Lipinski definition) is 1. The van der Waals surface area contributed by atoms with Gasteiger partial charge in [-0.25, -0.2) is 4.98 Å². The lowest BCUT2D eigenvalue weighted by atomic mass is 10.0. The molecule has 3 aromatic rings. The van der Waals surface area contributed by atoms with Crippen LogP contribution in [0.4, 0.5) is 5.69 Å². The van der Waals surface area contributed by atoms with Gasteiger partial charge >= 0.3 is 0 Å². The van der Waals surface area contributed by atoms with E-state index in [2.05, 4.69) is 47.0 Å². The summed E-state index contributed by atoms with van der Waals surface area (Å²) in [5, 5.41) is 2.13. The highest BCUT2D eigenvalue weighted by Gasteiger charge is 2.20. The number of nitrogen functional groups attached to an aromatic ring is 1. The van der Waals surface area contributed by atoms with Gasteiger partial charge < -0.3 is 10.3 Å². The molecule has 0 aliphatic rings. The lowest BCUT2D eigenvalue weighted by molar-refractivity contribution is 0.452. The minimum Gasteiger partial charge on any atom is -0.399 e. The molecule has 2 N–H and O–H groups in total. The lowest BCUT2D eigenvalue weighted by Crippen LogP contribution is -2.14. The fraction of sp³-hybridized carbons (Fsp3) is 0.267. The van der Waals surface area contributed by atoms with Crippen LogP contribution in [-0.2, 0) is 0 Å². The first-order chi connectivity index (χ1) is 9.16. The Morgan fingerprint density at radius 2 is 2.11 bits per heavy atom. The normalized spacial score (nSPS) is 13.2. The Bertz CT molecular complexity index is 683. The van der Waals surface area contributed by atoms with Gasteiger partial charge in [0.25, 0.3) is 0 Å². The van der Waals surface area contributed by atoms with Crippen molar-refractivity contribution in [3.63, 3.8) is 0 Å². The molecule has 2 heterocycles. The van der Waals surface area contributed by atoms with Crippen molar-refractivity contribution in [2.45, 2.75) is 19.9 Å². The summed E-state index contributed by atoms with van der Waals surface area (Å²) in [6.45, 7) is 4.49. The van der Waals surface area contributed by atoms with E-state index in [-0.39, 0.29) is 0 Å². The summed E-state index contributed by atoms with van der Waals surface area (Å²) in [4.78, 5) is 5.85. The third-order valence-electron chi connectivity index (χ3n) is 3.36. The molecule has 0 radical (unpaired) electrons. The summed E-state index contributed by atoms with van der Waals surface area (Å²) in [5.41, 5.74) is 8.68. The number of imidazole rings is 1. The van der Waals surface area contributed by atoms with Gasteiger partial charge in [0, 0.05) is 10.6 Å². The predicted octanol–water partition coefficient (Wildman–Crippen LogP) is 3.93. The smallest absolute Gasteiger partial charge is 0.0964 e. The van der Waals surface area contributed by atoms with E-state index in [1.807, 2.05) is 18.5 Å². The van der Waals surface area contributed by atoms with Gasteiger partial charge in [-0.15, -0.1) is 11.3 Å². The molecular formula is C15H17N3S. The van der Waals surface area contributed by atoms with Crippen LogP contribution in [-0.4, -0.2) is 9.55 Å². The molecule has 3 rings (SSSR count). The second-order valence-electron chi connectivity index (χ2n) is 5.10. The highest BCUT2D eigenvalue weighted by molar-refractivity contribution is 7.10. The van der Waals surface area contributed by atoms with Crippen LogP contribution >= 0.6 is 11.3 Å². The number of rotatable bonds is 3. The average molecular weight is 271 g/mol. The summed E-state index contributed by atoms with van der Waals surface area (Å²) < 4.78 is 2.26. The molecule has 0 spiro atoms. The monoisotopic (exact) mass is 271 g/mol. The van der Waals surface area contributed by atoms with Crippen molar-refractivity contribution in [1.82, 2.24) is 9.55 Å². The van der Waals surface area contributed by atoms with Gasteiger partial charge in [0.2, 0.25) is 0 Å². The number of anilines is 1.